The molecule has 4 aromatic rings. The maximum Gasteiger partial charge on any atom is 0.280 e. The van der Waals surface area contributed by atoms with E-state index < -0.39 is 6.43 Å². The van der Waals surface area contributed by atoms with Gasteiger partial charge in [-0.1, -0.05) is 29.8 Å². The lowest BCUT2D eigenvalue weighted by Gasteiger charge is -2.32. The van der Waals surface area contributed by atoms with Crippen molar-refractivity contribution in [3.63, 3.8) is 0 Å². The fourth-order valence-corrected chi connectivity index (χ4v) is 4.35. The van der Waals surface area contributed by atoms with Crippen LogP contribution in [-0.4, -0.2) is 42.1 Å². The van der Waals surface area contributed by atoms with E-state index in [1.807, 2.05) is 13.0 Å². The van der Waals surface area contributed by atoms with Crippen LogP contribution < -0.4 is 0 Å². The lowest BCUT2D eigenvalue weighted by molar-refractivity contribution is 0.146. The summed E-state index contributed by atoms with van der Waals surface area (Å²) in [6.45, 7) is 4.37. The van der Waals surface area contributed by atoms with Gasteiger partial charge in [-0.2, -0.15) is 10.1 Å². The van der Waals surface area contributed by atoms with Crippen molar-refractivity contribution < 1.29 is 8.78 Å². The third kappa shape index (κ3) is 3.17. The highest BCUT2D eigenvalue weighted by molar-refractivity contribution is 5.83. The van der Waals surface area contributed by atoms with Gasteiger partial charge < -0.3 is 4.57 Å². The van der Waals surface area contributed by atoms with Gasteiger partial charge in [-0.3, -0.25) is 4.90 Å². The topological polar surface area (TPSA) is 51.2 Å². The Morgan fingerprint density at radius 2 is 2.07 bits per heavy atom. The number of aryl methyl sites for hydroxylation is 1. The van der Waals surface area contributed by atoms with Crippen molar-refractivity contribution in [1.82, 2.24) is 29.0 Å². The molecule has 8 heteroatoms. The molecule has 154 valence electrons. The number of halogens is 2. The highest BCUT2D eigenvalue weighted by Gasteiger charge is 2.27. The Morgan fingerprint density at radius 3 is 2.90 bits per heavy atom. The van der Waals surface area contributed by atoms with Gasteiger partial charge in [0.2, 0.25) is 0 Å². The summed E-state index contributed by atoms with van der Waals surface area (Å²) < 4.78 is 30.5. The van der Waals surface area contributed by atoms with Crippen LogP contribution in [0.15, 0.2) is 54.5 Å². The zero-order valence-electron chi connectivity index (χ0n) is 16.8. The van der Waals surface area contributed by atoms with E-state index in [1.165, 1.54) is 28.9 Å². The van der Waals surface area contributed by atoms with Crippen molar-refractivity contribution >= 4 is 16.7 Å². The second-order valence-corrected chi connectivity index (χ2v) is 7.86. The van der Waals surface area contributed by atoms with Crippen LogP contribution in [0.5, 0.6) is 0 Å². The fraction of sp³-hybridized carbons (Fsp3) is 0.318. The largest absolute Gasteiger partial charge is 0.350 e. The second-order valence-electron chi connectivity index (χ2n) is 7.86. The van der Waals surface area contributed by atoms with Crippen LogP contribution in [0, 0.1) is 0 Å². The molecule has 4 heterocycles. The number of benzene rings is 1. The Hall–Kier alpha value is -3.13. The predicted octanol–water partition coefficient (Wildman–Crippen LogP) is 4.10. The zero-order valence-corrected chi connectivity index (χ0v) is 16.8. The van der Waals surface area contributed by atoms with Crippen LogP contribution in [0.3, 0.4) is 0 Å². The molecule has 0 N–H and O–H groups in total. The molecule has 1 atom stereocenters. The molecule has 0 bridgehead atoms. The summed E-state index contributed by atoms with van der Waals surface area (Å²) in [5.74, 6) is 0.153. The number of rotatable bonds is 4. The fourth-order valence-electron chi connectivity index (χ4n) is 4.35. The summed E-state index contributed by atoms with van der Waals surface area (Å²) in [4.78, 5) is 10.3. The van der Waals surface area contributed by atoms with Gasteiger partial charge >= 0.3 is 0 Å². The standard InChI is InChI=1S/C22H22F2N6/c1-14-7-8-29(11-15-10-28(2)19-6-4-3-5-16(15)19)12-17(14)20-9-18(21(23)24)27-22-25-13-26-30(20)22/h3-7,9-10,13,17,21H,8,11-12H2,1-2H3/t17-/m1/s1. The van der Waals surface area contributed by atoms with Crippen LogP contribution in [0.1, 0.15) is 36.2 Å². The summed E-state index contributed by atoms with van der Waals surface area (Å²) >= 11 is 0. The number of fused-ring (bicyclic) bond motifs is 2. The molecule has 0 radical (unpaired) electrons. The molecule has 1 aromatic carbocycles. The monoisotopic (exact) mass is 408 g/mol. The van der Waals surface area contributed by atoms with Crippen LogP contribution in [0.25, 0.3) is 16.7 Å². The summed E-state index contributed by atoms with van der Waals surface area (Å²) in [6, 6.07) is 9.83. The van der Waals surface area contributed by atoms with E-state index in [9.17, 15) is 8.78 Å². The van der Waals surface area contributed by atoms with Crippen molar-refractivity contribution in [3.8, 4) is 0 Å². The first kappa shape index (κ1) is 18.9. The molecule has 0 saturated carbocycles. The number of alkyl halides is 2. The van der Waals surface area contributed by atoms with Gasteiger partial charge in [-0.15, -0.1) is 0 Å². The van der Waals surface area contributed by atoms with Gasteiger partial charge in [0.25, 0.3) is 12.2 Å². The maximum absolute atomic E-state index is 13.4. The summed E-state index contributed by atoms with van der Waals surface area (Å²) in [5.41, 5.74) is 4.04. The quantitative estimate of drug-likeness (QED) is 0.477. The molecule has 1 aliphatic rings. The van der Waals surface area contributed by atoms with E-state index >= 15 is 0 Å². The smallest absolute Gasteiger partial charge is 0.280 e. The van der Waals surface area contributed by atoms with E-state index in [1.54, 1.807) is 4.52 Å². The number of nitrogens with zero attached hydrogens (tertiary/aromatic N) is 6. The summed E-state index contributed by atoms with van der Waals surface area (Å²) in [7, 11) is 2.05. The maximum atomic E-state index is 13.4. The number of aromatic nitrogens is 5. The predicted molar refractivity (Wildman–Crippen MR) is 110 cm³/mol. The first-order chi connectivity index (χ1) is 14.5. The number of hydrogen-bond donors (Lipinski definition) is 0. The van der Waals surface area contributed by atoms with Crippen molar-refractivity contribution in [2.45, 2.75) is 25.8 Å². The molecule has 5 rings (SSSR count). The highest BCUT2D eigenvalue weighted by Crippen LogP contribution is 2.32. The number of para-hydroxylation sites is 1. The molecule has 6 nitrogen and oxygen atoms in total. The third-order valence-corrected chi connectivity index (χ3v) is 5.92. The van der Waals surface area contributed by atoms with Crippen molar-refractivity contribution in [3.05, 3.63) is 71.5 Å². The first-order valence-corrected chi connectivity index (χ1v) is 9.92. The average Bonchev–Trinajstić information content (AvgIpc) is 3.34. The van der Waals surface area contributed by atoms with Crippen LogP contribution in [0.4, 0.5) is 8.78 Å². The van der Waals surface area contributed by atoms with E-state index in [0.29, 0.717) is 12.2 Å². The lowest BCUT2D eigenvalue weighted by atomic mass is 9.92. The van der Waals surface area contributed by atoms with Crippen LogP contribution in [-0.2, 0) is 13.6 Å². The van der Waals surface area contributed by atoms with Gasteiger partial charge in [0.1, 0.15) is 12.0 Å². The average molecular weight is 408 g/mol. The number of hydrogen-bond acceptors (Lipinski definition) is 4. The van der Waals surface area contributed by atoms with E-state index in [2.05, 4.69) is 62.1 Å². The minimum Gasteiger partial charge on any atom is -0.350 e. The van der Waals surface area contributed by atoms with E-state index in [-0.39, 0.29) is 17.4 Å². The van der Waals surface area contributed by atoms with Crippen LogP contribution in [0.2, 0.25) is 0 Å². The molecular weight excluding hydrogens is 386 g/mol. The molecule has 1 aliphatic heterocycles. The van der Waals surface area contributed by atoms with Gasteiger partial charge in [0.05, 0.1) is 5.69 Å². The lowest BCUT2D eigenvalue weighted by Crippen LogP contribution is -2.33. The molecular formula is C22H22F2N6. The Bertz CT molecular complexity index is 1260. The van der Waals surface area contributed by atoms with Gasteiger partial charge in [-0.05, 0) is 24.6 Å². The molecule has 0 aliphatic carbocycles. The summed E-state index contributed by atoms with van der Waals surface area (Å²) in [6.07, 6.45) is 3.05. The zero-order chi connectivity index (χ0) is 20.8. The Labute approximate surface area is 172 Å². The molecule has 30 heavy (non-hydrogen) atoms. The van der Waals surface area contributed by atoms with Crippen molar-refractivity contribution in [2.75, 3.05) is 13.1 Å². The molecule has 0 unspecified atom stereocenters. The second kappa shape index (κ2) is 7.28. The molecule has 0 spiro atoms. The van der Waals surface area contributed by atoms with Gasteiger partial charge in [0, 0.05) is 49.7 Å². The Morgan fingerprint density at radius 1 is 1.23 bits per heavy atom. The van der Waals surface area contributed by atoms with E-state index in [4.69, 9.17) is 0 Å². The van der Waals surface area contributed by atoms with Crippen molar-refractivity contribution in [1.29, 1.82) is 0 Å². The minimum atomic E-state index is -2.65. The van der Waals surface area contributed by atoms with E-state index in [0.717, 1.165) is 18.7 Å². The normalized spacial score (nSPS) is 17.9. The first-order valence-electron chi connectivity index (χ1n) is 9.92. The Kier molecular flexibility index (Phi) is 4.58. The van der Waals surface area contributed by atoms with Crippen LogP contribution >= 0.6 is 0 Å². The highest BCUT2D eigenvalue weighted by atomic mass is 19.3. The molecule has 3 aromatic heterocycles. The molecule has 0 saturated heterocycles. The minimum absolute atomic E-state index is 0.0570. The SMILES string of the molecule is CC1=CCN(Cc2cn(C)c3ccccc23)C[C@H]1c1cc(C(F)F)nc2ncnn12. The Balaban J connectivity index is 1.49. The van der Waals surface area contributed by atoms with Crippen molar-refractivity contribution in [2.24, 2.45) is 7.05 Å². The third-order valence-electron chi connectivity index (χ3n) is 5.92. The molecule has 0 amide bonds. The summed E-state index contributed by atoms with van der Waals surface area (Å²) in [5, 5.41) is 5.47. The molecule has 0 fully saturated rings. The van der Waals surface area contributed by atoms with Gasteiger partial charge in [0.15, 0.2) is 0 Å². The van der Waals surface area contributed by atoms with Gasteiger partial charge in [-0.25, -0.2) is 18.3 Å².